The maximum absolute atomic E-state index is 11.8. The molecule has 0 spiro atoms. The minimum absolute atomic E-state index is 0.0359. The van der Waals surface area contributed by atoms with E-state index in [1.165, 1.54) is 23.6 Å². The maximum atomic E-state index is 11.8. The van der Waals surface area contributed by atoms with Gasteiger partial charge in [0, 0.05) is 35.8 Å². The molecule has 0 saturated carbocycles. The van der Waals surface area contributed by atoms with Crippen LogP contribution in [-0.2, 0) is 4.79 Å². The Morgan fingerprint density at radius 3 is 3.00 bits per heavy atom. The summed E-state index contributed by atoms with van der Waals surface area (Å²) in [7, 11) is 3.96. The highest BCUT2D eigenvalue weighted by molar-refractivity contribution is 7.99. The number of anilines is 2. The first kappa shape index (κ1) is 12.8. The minimum atomic E-state index is -0.212. The summed E-state index contributed by atoms with van der Waals surface area (Å²) in [6, 6.07) is 6.67. The molecule has 2 aliphatic heterocycles. The van der Waals surface area contributed by atoms with E-state index < -0.39 is 0 Å². The summed E-state index contributed by atoms with van der Waals surface area (Å²) in [4.78, 5) is 14.1. The molecule has 0 radical (unpaired) electrons. The van der Waals surface area contributed by atoms with Crippen LogP contribution in [0.4, 0.5) is 11.4 Å². The number of likely N-dealkylation sites (N-methyl/N-ethyl adjacent to an activating group) is 1. The Morgan fingerprint density at radius 2 is 2.32 bits per heavy atom. The summed E-state index contributed by atoms with van der Waals surface area (Å²) in [5.41, 5.74) is 3.17. The van der Waals surface area contributed by atoms with Gasteiger partial charge in [0.25, 0.3) is 0 Å². The largest absolute Gasteiger partial charge is 0.371 e. The van der Waals surface area contributed by atoms with E-state index in [-0.39, 0.29) is 11.9 Å². The van der Waals surface area contributed by atoms with Gasteiger partial charge in [-0.25, -0.2) is 0 Å². The zero-order valence-electron chi connectivity index (χ0n) is 11.3. The van der Waals surface area contributed by atoms with Gasteiger partial charge in [-0.15, -0.1) is 0 Å². The Morgan fingerprint density at radius 1 is 1.47 bits per heavy atom. The molecular weight excluding hydrogens is 258 g/mol. The Balaban J connectivity index is 1.86. The third-order valence-corrected chi connectivity index (χ3v) is 5.16. The van der Waals surface area contributed by atoms with Gasteiger partial charge in [-0.05, 0) is 31.4 Å². The molecule has 102 valence electrons. The van der Waals surface area contributed by atoms with E-state index in [1.807, 2.05) is 18.8 Å². The lowest BCUT2D eigenvalue weighted by molar-refractivity contribution is -0.117. The van der Waals surface area contributed by atoms with Crippen molar-refractivity contribution in [3.05, 3.63) is 23.8 Å². The van der Waals surface area contributed by atoms with Crippen LogP contribution in [0.3, 0.4) is 0 Å². The number of nitrogens with zero attached hydrogens (tertiary/aromatic N) is 1. The van der Waals surface area contributed by atoms with Crippen molar-refractivity contribution in [2.24, 2.45) is 0 Å². The number of carbonyl (C=O) groups is 1. The number of nitrogens with one attached hydrogen (secondary N) is 2. The fraction of sp³-hybridized carbons (Fsp3) is 0.500. The van der Waals surface area contributed by atoms with E-state index in [0.717, 1.165) is 11.3 Å². The van der Waals surface area contributed by atoms with Crippen molar-refractivity contribution in [2.75, 3.05) is 35.8 Å². The van der Waals surface area contributed by atoms with Crippen LogP contribution in [0, 0.1) is 0 Å². The molecule has 19 heavy (non-hydrogen) atoms. The topological polar surface area (TPSA) is 44.4 Å². The van der Waals surface area contributed by atoms with Gasteiger partial charge in [0.1, 0.15) is 6.04 Å². The first-order valence-electron chi connectivity index (χ1n) is 6.63. The number of hydrogen-bond acceptors (Lipinski definition) is 4. The Kier molecular flexibility index (Phi) is 3.41. The minimum Gasteiger partial charge on any atom is -0.371 e. The number of hydrogen-bond donors (Lipinski definition) is 2. The van der Waals surface area contributed by atoms with Crippen LogP contribution in [-0.4, -0.2) is 37.6 Å². The van der Waals surface area contributed by atoms with E-state index in [0.29, 0.717) is 6.04 Å². The van der Waals surface area contributed by atoms with E-state index in [9.17, 15) is 4.79 Å². The summed E-state index contributed by atoms with van der Waals surface area (Å²) >= 11 is 2.01. The highest BCUT2D eigenvalue weighted by Crippen LogP contribution is 2.35. The lowest BCUT2D eigenvalue weighted by Crippen LogP contribution is -2.31. The maximum Gasteiger partial charge on any atom is 0.246 e. The van der Waals surface area contributed by atoms with Gasteiger partial charge in [-0.1, -0.05) is 6.07 Å². The van der Waals surface area contributed by atoms with Gasteiger partial charge >= 0.3 is 0 Å². The van der Waals surface area contributed by atoms with Crippen LogP contribution < -0.4 is 15.5 Å². The molecule has 0 aliphatic carbocycles. The summed E-state index contributed by atoms with van der Waals surface area (Å²) in [6.45, 7) is 0. The molecule has 2 atom stereocenters. The normalized spacial score (nSPS) is 25.3. The second-order valence-electron chi connectivity index (χ2n) is 5.11. The van der Waals surface area contributed by atoms with Crippen molar-refractivity contribution < 1.29 is 4.79 Å². The van der Waals surface area contributed by atoms with Crippen molar-refractivity contribution >= 4 is 29.0 Å². The summed E-state index contributed by atoms with van der Waals surface area (Å²) in [6.07, 6.45) is 1.24. The summed E-state index contributed by atoms with van der Waals surface area (Å²) in [5.74, 6) is 2.48. The number of thioether (sulfide) groups is 1. The standard InChI is InChI=1S/C14H19N3OS/c1-15-13-11-4-3-9(7-12(11)16-14(13)18)17(2)10-5-6-19-8-10/h3-4,7,10,13,15H,5-6,8H2,1-2H3,(H,16,18). The van der Waals surface area contributed by atoms with Gasteiger partial charge in [0.15, 0.2) is 0 Å². The fourth-order valence-electron chi connectivity index (χ4n) is 2.79. The molecule has 1 aromatic carbocycles. The van der Waals surface area contributed by atoms with Gasteiger partial charge < -0.3 is 15.5 Å². The molecular formula is C14H19N3OS. The fourth-order valence-corrected chi connectivity index (χ4v) is 4.06. The molecule has 2 aliphatic rings. The predicted octanol–water partition coefficient (Wildman–Crippen LogP) is 1.84. The molecule has 1 amide bonds. The monoisotopic (exact) mass is 277 g/mol. The van der Waals surface area contributed by atoms with Crippen LogP contribution in [0.5, 0.6) is 0 Å². The Hall–Kier alpha value is -1.20. The van der Waals surface area contributed by atoms with Crippen LogP contribution in [0.1, 0.15) is 18.0 Å². The third kappa shape index (κ3) is 2.21. The van der Waals surface area contributed by atoms with Gasteiger partial charge in [0.05, 0.1) is 0 Å². The lowest BCUT2D eigenvalue weighted by Gasteiger charge is -2.26. The number of fused-ring (bicyclic) bond motifs is 1. The quantitative estimate of drug-likeness (QED) is 0.885. The van der Waals surface area contributed by atoms with Gasteiger partial charge in [0.2, 0.25) is 5.91 Å². The van der Waals surface area contributed by atoms with Crippen molar-refractivity contribution in [3.63, 3.8) is 0 Å². The van der Waals surface area contributed by atoms with E-state index >= 15 is 0 Å². The van der Waals surface area contributed by atoms with Crippen LogP contribution in [0.25, 0.3) is 0 Å². The zero-order chi connectivity index (χ0) is 13.4. The van der Waals surface area contributed by atoms with Crippen molar-refractivity contribution in [2.45, 2.75) is 18.5 Å². The zero-order valence-corrected chi connectivity index (χ0v) is 12.1. The van der Waals surface area contributed by atoms with Gasteiger partial charge in [-0.2, -0.15) is 11.8 Å². The molecule has 1 aromatic rings. The number of rotatable bonds is 3. The average molecular weight is 277 g/mol. The molecule has 1 saturated heterocycles. The average Bonchev–Trinajstić information content (AvgIpc) is 3.03. The smallest absolute Gasteiger partial charge is 0.246 e. The molecule has 0 bridgehead atoms. The van der Waals surface area contributed by atoms with E-state index in [2.05, 4.69) is 40.8 Å². The number of amides is 1. The summed E-state index contributed by atoms with van der Waals surface area (Å²) < 4.78 is 0. The van der Waals surface area contributed by atoms with Crippen molar-refractivity contribution in [1.29, 1.82) is 0 Å². The van der Waals surface area contributed by atoms with Crippen LogP contribution in [0.15, 0.2) is 18.2 Å². The van der Waals surface area contributed by atoms with Crippen LogP contribution in [0.2, 0.25) is 0 Å². The highest BCUT2D eigenvalue weighted by Gasteiger charge is 2.30. The molecule has 2 heterocycles. The summed E-state index contributed by atoms with van der Waals surface area (Å²) in [5, 5.41) is 6.00. The highest BCUT2D eigenvalue weighted by atomic mass is 32.2. The molecule has 2 unspecified atom stereocenters. The number of carbonyl (C=O) groups excluding carboxylic acids is 1. The second kappa shape index (κ2) is 5.06. The van der Waals surface area contributed by atoms with Crippen molar-refractivity contribution in [1.82, 2.24) is 5.32 Å². The number of benzene rings is 1. The van der Waals surface area contributed by atoms with E-state index in [1.54, 1.807) is 0 Å². The first-order chi connectivity index (χ1) is 9.20. The third-order valence-electron chi connectivity index (χ3n) is 4.02. The van der Waals surface area contributed by atoms with Gasteiger partial charge in [-0.3, -0.25) is 4.79 Å². The SMILES string of the molecule is CNC1C(=O)Nc2cc(N(C)C3CCSC3)ccc21. The Bertz CT molecular complexity index is 499. The van der Waals surface area contributed by atoms with E-state index in [4.69, 9.17) is 0 Å². The molecule has 1 fully saturated rings. The van der Waals surface area contributed by atoms with Crippen molar-refractivity contribution in [3.8, 4) is 0 Å². The first-order valence-corrected chi connectivity index (χ1v) is 7.79. The molecule has 5 heteroatoms. The molecule has 0 aromatic heterocycles. The Labute approximate surface area is 117 Å². The lowest BCUT2D eigenvalue weighted by atomic mass is 10.1. The molecule has 2 N–H and O–H groups in total. The van der Waals surface area contributed by atoms with Crippen LogP contribution >= 0.6 is 11.8 Å². The second-order valence-corrected chi connectivity index (χ2v) is 6.26. The molecule has 3 rings (SSSR count). The molecule has 4 nitrogen and oxygen atoms in total. The predicted molar refractivity (Wildman–Crippen MR) is 81.0 cm³/mol.